The third-order valence-electron chi connectivity index (χ3n) is 5.15. The van der Waals surface area contributed by atoms with E-state index < -0.39 is 15.3 Å². The van der Waals surface area contributed by atoms with Crippen LogP contribution >= 0.6 is 0 Å². The average molecular weight is 388 g/mol. The minimum atomic E-state index is -3.55. The van der Waals surface area contributed by atoms with Crippen LogP contribution in [-0.4, -0.2) is 50.7 Å². The molecule has 1 fully saturated rings. The lowest BCUT2D eigenvalue weighted by molar-refractivity contribution is -0.124. The lowest BCUT2D eigenvalue weighted by atomic mass is 9.77. The molecular formula is C18H20N4O4S. The number of anilines is 1. The summed E-state index contributed by atoms with van der Waals surface area (Å²) in [6.45, 7) is 1.39. The van der Waals surface area contributed by atoms with Crippen LogP contribution in [0.25, 0.3) is 0 Å². The highest BCUT2D eigenvalue weighted by atomic mass is 32.2. The van der Waals surface area contributed by atoms with Gasteiger partial charge in [-0.2, -0.15) is 0 Å². The summed E-state index contributed by atoms with van der Waals surface area (Å²) in [4.78, 5) is 23.5. The molecule has 8 nitrogen and oxygen atoms in total. The first-order valence-electron chi connectivity index (χ1n) is 8.58. The van der Waals surface area contributed by atoms with Crippen LogP contribution in [0.2, 0.25) is 0 Å². The van der Waals surface area contributed by atoms with Crippen LogP contribution in [0.1, 0.15) is 17.7 Å². The summed E-state index contributed by atoms with van der Waals surface area (Å²) in [7, 11) is -1.96. The number of methoxy groups -OCH3 is 1. The fourth-order valence-corrected chi connectivity index (χ4v) is 4.25. The maximum Gasteiger partial charge on any atom is 0.247 e. The molecule has 0 bridgehead atoms. The van der Waals surface area contributed by atoms with E-state index >= 15 is 0 Å². The number of nitrogens with one attached hydrogen (secondary N) is 1. The Kier molecular flexibility index (Phi) is 4.15. The number of aromatic nitrogens is 2. The van der Waals surface area contributed by atoms with Gasteiger partial charge in [0.25, 0.3) is 0 Å². The van der Waals surface area contributed by atoms with Gasteiger partial charge in [-0.05, 0) is 37.2 Å². The molecular weight excluding hydrogens is 368 g/mol. The lowest BCUT2D eigenvalue weighted by Gasteiger charge is -2.39. The minimum absolute atomic E-state index is 0.0803. The van der Waals surface area contributed by atoms with Crippen molar-refractivity contribution in [1.82, 2.24) is 15.3 Å². The van der Waals surface area contributed by atoms with Gasteiger partial charge in [-0.15, -0.1) is 0 Å². The number of nitrogens with zero attached hydrogens (tertiary/aromatic N) is 3. The second kappa shape index (κ2) is 6.28. The van der Waals surface area contributed by atoms with Gasteiger partial charge >= 0.3 is 0 Å². The smallest absolute Gasteiger partial charge is 0.247 e. The molecule has 9 heteroatoms. The van der Waals surface area contributed by atoms with Crippen LogP contribution in [-0.2, 0) is 26.6 Å². The molecule has 2 aromatic rings. The molecule has 0 radical (unpaired) electrons. The molecule has 1 unspecified atom stereocenters. The van der Waals surface area contributed by atoms with E-state index in [2.05, 4.69) is 15.3 Å². The lowest BCUT2D eigenvalue weighted by Crippen LogP contribution is -2.53. The summed E-state index contributed by atoms with van der Waals surface area (Å²) in [5, 5.41) is 2.99. The number of fused-ring (bicyclic) bond motifs is 2. The number of sulfone groups is 1. The van der Waals surface area contributed by atoms with Crippen molar-refractivity contribution in [1.29, 1.82) is 0 Å². The molecule has 4 rings (SSSR count). The highest BCUT2D eigenvalue weighted by Gasteiger charge is 2.51. The Morgan fingerprint density at radius 2 is 2.00 bits per heavy atom. The maximum absolute atomic E-state index is 13.5. The molecule has 1 aromatic heterocycles. The van der Waals surface area contributed by atoms with Crippen molar-refractivity contribution in [2.24, 2.45) is 0 Å². The van der Waals surface area contributed by atoms with Gasteiger partial charge in [-0.25, -0.2) is 18.4 Å². The molecule has 0 aliphatic carbocycles. The van der Waals surface area contributed by atoms with Crippen LogP contribution < -0.4 is 15.0 Å². The third-order valence-corrected chi connectivity index (χ3v) is 6.01. The van der Waals surface area contributed by atoms with E-state index in [9.17, 15) is 13.2 Å². The monoisotopic (exact) mass is 388 g/mol. The normalized spacial score (nSPS) is 22.1. The first kappa shape index (κ1) is 17.9. The predicted molar refractivity (Wildman–Crippen MR) is 98.5 cm³/mol. The van der Waals surface area contributed by atoms with E-state index in [1.807, 2.05) is 12.1 Å². The summed E-state index contributed by atoms with van der Waals surface area (Å²) in [6.07, 6.45) is 3.16. The molecule has 0 saturated carbocycles. The quantitative estimate of drug-likeness (QED) is 0.771. The van der Waals surface area contributed by atoms with Gasteiger partial charge in [0.2, 0.25) is 20.9 Å². The topological polar surface area (TPSA) is 101 Å². The Balaban J connectivity index is 1.83. The second-order valence-corrected chi connectivity index (χ2v) is 8.81. The van der Waals surface area contributed by atoms with Crippen LogP contribution in [0.4, 0.5) is 5.69 Å². The molecule has 1 N–H and O–H groups in total. The van der Waals surface area contributed by atoms with Crippen molar-refractivity contribution in [2.75, 3.05) is 31.4 Å². The number of rotatable bonds is 3. The highest BCUT2D eigenvalue weighted by Crippen LogP contribution is 2.40. The summed E-state index contributed by atoms with van der Waals surface area (Å²) in [6, 6.07) is 7.29. The Morgan fingerprint density at radius 1 is 1.26 bits per heavy atom. The molecule has 1 amide bonds. The van der Waals surface area contributed by atoms with Crippen molar-refractivity contribution in [3.8, 4) is 5.75 Å². The van der Waals surface area contributed by atoms with E-state index in [1.165, 1.54) is 6.20 Å². The van der Waals surface area contributed by atoms with Gasteiger partial charge in [-0.3, -0.25) is 4.79 Å². The Morgan fingerprint density at radius 3 is 2.59 bits per heavy atom. The van der Waals surface area contributed by atoms with Gasteiger partial charge < -0.3 is 15.0 Å². The van der Waals surface area contributed by atoms with Crippen molar-refractivity contribution in [2.45, 2.75) is 23.5 Å². The molecule has 3 heterocycles. The van der Waals surface area contributed by atoms with E-state index in [0.717, 1.165) is 17.5 Å². The number of hydrogen-bond acceptors (Lipinski definition) is 7. The number of amides is 1. The zero-order valence-corrected chi connectivity index (χ0v) is 15.9. The van der Waals surface area contributed by atoms with Gasteiger partial charge in [0, 0.05) is 30.2 Å². The molecule has 2 aliphatic rings. The molecule has 1 spiro atoms. The standard InChI is InChI=1S/C18H20N4O4S/c1-26-14-5-3-13(4-6-14)22-10-12-9-20-17(27(2,24)25)21-15(12)18(16(22)23)7-8-19-11-18/h3-6,9,19H,7-8,10-11H2,1-2H3. The first-order chi connectivity index (χ1) is 12.8. The van der Waals surface area contributed by atoms with E-state index in [0.29, 0.717) is 37.5 Å². The van der Waals surface area contributed by atoms with Gasteiger partial charge in [0.15, 0.2) is 0 Å². The van der Waals surface area contributed by atoms with E-state index in [1.54, 1.807) is 24.1 Å². The molecule has 142 valence electrons. The zero-order valence-electron chi connectivity index (χ0n) is 15.1. The fourth-order valence-electron chi connectivity index (χ4n) is 3.75. The zero-order chi connectivity index (χ0) is 19.2. The number of benzene rings is 1. The molecule has 1 aromatic carbocycles. The molecule has 27 heavy (non-hydrogen) atoms. The molecule has 1 atom stereocenters. The summed E-state index contributed by atoms with van der Waals surface area (Å²) in [5.41, 5.74) is 1.17. The van der Waals surface area contributed by atoms with E-state index in [-0.39, 0.29) is 11.1 Å². The highest BCUT2D eigenvalue weighted by molar-refractivity contribution is 7.90. The average Bonchev–Trinajstić information content (AvgIpc) is 3.15. The van der Waals surface area contributed by atoms with Gasteiger partial charge in [-0.1, -0.05) is 0 Å². The maximum atomic E-state index is 13.5. The van der Waals surface area contributed by atoms with Crippen molar-refractivity contribution in [3.05, 3.63) is 41.7 Å². The number of carbonyl (C=O) groups is 1. The van der Waals surface area contributed by atoms with Crippen LogP contribution in [0.15, 0.2) is 35.6 Å². The van der Waals surface area contributed by atoms with Crippen LogP contribution in [0, 0.1) is 0 Å². The third kappa shape index (κ3) is 2.87. The summed E-state index contributed by atoms with van der Waals surface area (Å²) < 4.78 is 29.0. The summed E-state index contributed by atoms with van der Waals surface area (Å²) in [5.74, 6) is 0.630. The van der Waals surface area contributed by atoms with E-state index in [4.69, 9.17) is 4.74 Å². The number of carbonyl (C=O) groups excluding carboxylic acids is 1. The van der Waals surface area contributed by atoms with Crippen molar-refractivity contribution in [3.63, 3.8) is 0 Å². The predicted octanol–water partition coefficient (Wildman–Crippen LogP) is 0.667. The first-order valence-corrected chi connectivity index (χ1v) is 10.5. The van der Waals surface area contributed by atoms with Crippen molar-refractivity contribution >= 4 is 21.4 Å². The Hall–Kier alpha value is -2.52. The van der Waals surface area contributed by atoms with Gasteiger partial charge in [0.1, 0.15) is 11.2 Å². The Labute approximate surface area is 157 Å². The summed E-state index contributed by atoms with van der Waals surface area (Å²) >= 11 is 0. The van der Waals surface area contributed by atoms with Crippen LogP contribution in [0.3, 0.4) is 0 Å². The molecule has 2 aliphatic heterocycles. The SMILES string of the molecule is COc1ccc(N2Cc3cnc(S(C)(=O)=O)nc3C3(CCNC3)C2=O)cc1. The molecule has 1 saturated heterocycles. The second-order valence-electron chi connectivity index (χ2n) is 6.90. The minimum Gasteiger partial charge on any atom is -0.497 e. The Bertz CT molecular complexity index is 999. The number of ether oxygens (including phenoxy) is 1. The number of hydrogen-bond donors (Lipinski definition) is 1. The fraction of sp³-hybridized carbons (Fsp3) is 0.389. The van der Waals surface area contributed by atoms with Gasteiger partial charge in [0.05, 0.1) is 19.3 Å². The largest absolute Gasteiger partial charge is 0.497 e. The van der Waals surface area contributed by atoms with Crippen molar-refractivity contribution < 1.29 is 17.9 Å². The van der Waals surface area contributed by atoms with Crippen LogP contribution in [0.5, 0.6) is 5.75 Å².